The Morgan fingerprint density at radius 3 is 2.73 bits per heavy atom. The van der Waals surface area contributed by atoms with Gasteiger partial charge in [-0.2, -0.15) is 0 Å². The molecule has 0 aliphatic heterocycles. The van der Waals surface area contributed by atoms with E-state index < -0.39 is 0 Å². The molecule has 15 heavy (non-hydrogen) atoms. The SMILES string of the molecule is CC(C)Cc1ccccc1-c1ncc[nH]1. The van der Waals surface area contributed by atoms with Crippen LogP contribution in [0.15, 0.2) is 36.7 Å². The van der Waals surface area contributed by atoms with E-state index in [1.54, 1.807) is 6.20 Å². The first-order valence-corrected chi connectivity index (χ1v) is 5.35. The molecule has 0 unspecified atom stereocenters. The van der Waals surface area contributed by atoms with Gasteiger partial charge in [0.15, 0.2) is 0 Å². The van der Waals surface area contributed by atoms with Gasteiger partial charge in [0.05, 0.1) is 0 Å². The zero-order valence-electron chi connectivity index (χ0n) is 9.20. The first kappa shape index (κ1) is 9.97. The number of hydrogen-bond donors (Lipinski definition) is 1. The molecule has 0 aliphatic rings. The number of nitrogens with one attached hydrogen (secondary N) is 1. The van der Waals surface area contributed by atoms with E-state index in [1.165, 1.54) is 11.1 Å². The molecule has 1 aromatic carbocycles. The van der Waals surface area contributed by atoms with Gasteiger partial charge in [0.2, 0.25) is 0 Å². The van der Waals surface area contributed by atoms with Gasteiger partial charge in [-0.1, -0.05) is 38.1 Å². The zero-order chi connectivity index (χ0) is 10.7. The van der Waals surface area contributed by atoms with Gasteiger partial charge in [0.1, 0.15) is 5.82 Å². The summed E-state index contributed by atoms with van der Waals surface area (Å²) in [7, 11) is 0. The normalized spacial score (nSPS) is 10.9. The molecule has 2 nitrogen and oxygen atoms in total. The highest BCUT2D eigenvalue weighted by molar-refractivity contribution is 5.60. The minimum Gasteiger partial charge on any atom is -0.345 e. The third kappa shape index (κ3) is 2.27. The molecule has 1 heterocycles. The fourth-order valence-corrected chi connectivity index (χ4v) is 1.78. The number of aromatic amines is 1. The average Bonchev–Trinajstić information content (AvgIpc) is 2.70. The molecule has 0 saturated heterocycles. The lowest BCUT2D eigenvalue weighted by Gasteiger charge is -2.09. The van der Waals surface area contributed by atoms with Crippen LogP contribution >= 0.6 is 0 Å². The van der Waals surface area contributed by atoms with E-state index in [-0.39, 0.29) is 0 Å². The van der Waals surface area contributed by atoms with Crippen LogP contribution in [-0.4, -0.2) is 9.97 Å². The number of rotatable bonds is 3. The third-order valence-electron chi connectivity index (χ3n) is 2.40. The minimum absolute atomic E-state index is 0.668. The Kier molecular flexibility index (Phi) is 2.86. The summed E-state index contributed by atoms with van der Waals surface area (Å²) in [5.41, 5.74) is 2.58. The van der Waals surface area contributed by atoms with Crippen molar-refractivity contribution < 1.29 is 0 Å². The monoisotopic (exact) mass is 200 g/mol. The molecule has 0 spiro atoms. The van der Waals surface area contributed by atoms with Crippen LogP contribution in [-0.2, 0) is 6.42 Å². The largest absolute Gasteiger partial charge is 0.345 e. The van der Waals surface area contributed by atoms with E-state index in [2.05, 4.69) is 48.1 Å². The van der Waals surface area contributed by atoms with Gasteiger partial charge in [-0.15, -0.1) is 0 Å². The quantitative estimate of drug-likeness (QED) is 0.809. The molecule has 0 amide bonds. The van der Waals surface area contributed by atoms with Crippen LogP contribution in [0.2, 0.25) is 0 Å². The molecule has 1 N–H and O–H groups in total. The fourth-order valence-electron chi connectivity index (χ4n) is 1.78. The Balaban J connectivity index is 2.38. The summed E-state index contributed by atoms with van der Waals surface area (Å²) in [6.45, 7) is 4.47. The van der Waals surface area contributed by atoms with Gasteiger partial charge in [-0.25, -0.2) is 4.98 Å². The van der Waals surface area contributed by atoms with Crippen molar-refractivity contribution in [1.29, 1.82) is 0 Å². The number of hydrogen-bond acceptors (Lipinski definition) is 1. The second kappa shape index (κ2) is 4.30. The average molecular weight is 200 g/mol. The van der Waals surface area contributed by atoms with Crippen molar-refractivity contribution in [1.82, 2.24) is 9.97 Å². The first-order valence-electron chi connectivity index (χ1n) is 5.35. The van der Waals surface area contributed by atoms with Crippen LogP contribution in [0.1, 0.15) is 19.4 Å². The number of imidazole rings is 1. The number of aromatic nitrogens is 2. The van der Waals surface area contributed by atoms with Crippen molar-refractivity contribution in [2.24, 2.45) is 5.92 Å². The van der Waals surface area contributed by atoms with Gasteiger partial charge in [0, 0.05) is 18.0 Å². The van der Waals surface area contributed by atoms with E-state index >= 15 is 0 Å². The predicted molar refractivity (Wildman–Crippen MR) is 62.6 cm³/mol. The summed E-state index contributed by atoms with van der Waals surface area (Å²) in [5, 5.41) is 0. The van der Waals surface area contributed by atoms with Gasteiger partial charge < -0.3 is 4.98 Å². The molecule has 0 fully saturated rings. The summed E-state index contributed by atoms with van der Waals surface area (Å²) in [6, 6.07) is 8.44. The molecule has 0 radical (unpaired) electrons. The van der Waals surface area contributed by atoms with Crippen molar-refractivity contribution in [2.75, 3.05) is 0 Å². The second-order valence-corrected chi connectivity index (χ2v) is 4.19. The lowest BCUT2D eigenvalue weighted by molar-refractivity contribution is 0.648. The smallest absolute Gasteiger partial charge is 0.137 e. The molecular formula is C13H16N2. The van der Waals surface area contributed by atoms with Crippen molar-refractivity contribution >= 4 is 0 Å². The van der Waals surface area contributed by atoms with E-state index in [0.29, 0.717) is 5.92 Å². The van der Waals surface area contributed by atoms with Gasteiger partial charge in [-0.05, 0) is 17.9 Å². The van der Waals surface area contributed by atoms with Crippen LogP contribution in [0, 0.1) is 5.92 Å². The first-order chi connectivity index (χ1) is 7.27. The Morgan fingerprint density at radius 2 is 2.07 bits per heavy atom. The Morgan fingerprint density at radius 1 is 1.27 bits per heavy atom. The number of benzene rings is 1. The van der Waals surface area contributed by atoms with Crippen LogP contribution in [0.25, 0.3) is 11.4 Å². The number of nitrogens with zero attached hydrogens (tertiary/aromatic N) is 1. The Hall–Kier alpha value is -1.57. The lowest BCUT2D eigenvalue weighted by Crippen LogP contribution is -1.97. The maximum Gasteiger partial charge on any atom is 0.137 e. The van der Waals surface area contributed by atoms with Crippen molar-refractivity contribution in [3.63, 3.8) is 0 Å². The maximum atomic E-state index is 4.30. The summed E-state index contributed by atoms with van der Waals surface area (Å²) in [6.07, 6.45) is 4.75. The lowest BCUT2D eigenvalue weighted by atomic mass is 9.98. The molecule has 2 heteroatoms. The second-order valence-electron chi connectivity index (χ2n) is 4.19. The van der Waals surface area contributed by atoms with Gasteiger partial charge >= 0.3 is 0 Å². The van der Waals surface area contributed by atoms with E-state index in [1.807, 2.05) is 6.20 Å². The third-order valence-corrected chi connectivity index (χ3v) is 2.40. The maximum absolute atomic E-state index is 4.30. The van der Waals surface area contributed by atoms with Crippen LogP contribution < -0.4 is 0 Å². The van der Waals surface area contributed by atoms with Crippen LogP contribution in [0.3, 0.4) is 0 Å². The molecular weight excluding hydrogens is 184 g/mol. The molecule has 78 valence electrons. The summed E-state index contributed by atoms with van der Waals surface area (Å²) >= 11 is 0. The van der Waals surface area contributed by atoms with E-state index in [0.717, 1.165) is 12.2 Å². The fraction of sp³-hybridized carbons (Fsp3) is 0.308. The molecule has 0 aliphatic carbocycles. The van der Waals surface area contributed by atoms with Gasteiger partial charge in [-0.3, -0.25) is 0 Å². The van der Waals surface area contributed by atoms with Crippen molar-refractivity contribution in [3.8, 4) is 11.4 Å². The van der Waals surface area contributed by atoms with E-state index in [4.69, 9.17) is 0 Å². The van der Waals surface area contributed by atoms with Gasteiger partial charge in [0.25, 0.3) is 0 Å². The predicted octanol–water partition coefficient (Wildman–Crippen LogP) is 3.28. The highest BCUT2D eigenvalue weighted by Gasteiger charge is 2.07. The number of H-pyrrole nitrogens is 1. The zero-order valence-corrected chi connectivity index (χ0v) is 9.20. The van der Waals surface area contributed by atoms with E-state index in [9.17, 15) is 0 Å². The molecule has 2 rings (SSSR count). The molecule has 1 aromatic heterocycles. The summed E-state index contributed by atoms with van der Waals surface area (Å²) in [5.74, 6) is 1.63. The topological polar surface area (TPSA) is 28.7 Å². The molecule has 0 atom stereocenters. The highest BCUT2D eigenvalue weighted by atomic mass is 14.9. The Labute approximate surface area is 90.4 Å². The van der Waals surface area contributed by atoms with Crippen LogP contribution in [0.4, 0.5) is 0 Å². The molecule has 2 aromatic rings. The van der Waals surface area contributed by atoms with Crippen LogP contribution in [0.5, 0.6) is 0 Å². The molecule has 0 saturated carbocycles. The summed E-state index contributed by atoms with van der Waals surface area (Å²) < 4.78 is 0. The standard InChI is InChI=1S/C13H16N2/c1-10(2)9-11-5-3-4-6-12(11)13-14-7-8-15-13/h3-8,10H,9H2,1-2H3,(H,14,15). The van der Waals surface area contributed by atoms with Crippen molar-refractivity contribution in [3.05, 3.63) is 42.2 Å². The van der Waals surface area contributed by atoms with Crippen molar-refractivity contribution in [2.45, 2.75) is 20.3 Å². The Bertz CT molecular complexity index is 416. The summed E-state index contributed by atoms with van der Waals surface area (Å²) in [4.78, 5) is 7.45. The molecule has 0 bridgehead atoms. The minimum atomic E-state index is 0.668. The highest BCUT2D eigenvalue weighted by Crippen LogP contribution is 2.22.